The van der Waals surface area contributed by atoms with Gasteiger partial charge in [-0.15, -0.1) is 0 Å². The lowest BCUT2D eigenvalue weighted by atomic mass is 10.1. The molecule has 1 fully saturated rings. The average molecular weight is 368 g/mol. The molecule has 146 valence electrons. The molecule has 7 heteroatoms. The van der Waals surface area contributed by atoms with Gasteiger partial charge in [-0.2, -0.15) is 0 Å². The molecule has 2 rings (SSSR count). The van der Waals surface area contributed by atoms with Gasteiger partial charge in [-0.05, 0) is 46.8 Å². The van der Waals surface area contributed by atoms with Gasteiger partial charge in [0.05, 0.1) is 11.3 Å². The summed E-state index contributed by atoms with van der Waals surface area (Å²) in [4.78, 5) is 15.6. The topological polar surface area (TPSA) is 62.2 Å². The van der Waals surface area contributed by atoms with Crippen molar-refractivity contribution in [1.82, 2.24) is 4.90 Å². The number of anilines is 1. The first-order chi connectivity index (χ1) is 11.9. The number of piperazine rings is 1. The molecular formula is C19H29FN2O4. The quantitative estimate of drug-likeness (QED) is 0.885. The third-order valence-electron chi connectivity index (χ3n) is 3.78. The minimum atomic E-state index is -0.965. The molecule has 6 nitrogen and oxygen atoms in total. The van der Waals surface area contributed by atoms with Gasteiger partial charge in [0.15, 0.2) is 0 Å². The molecule has 1 heterocycles. The van der Waals surface area contributed by atoms with Crippen molar-refractivity contribution >= 4 is 11.8 Å². The molecule has 1 aromatic rings. The number of hydrogen-bond acceptors (Lipinski definition) is 5. The lowest BCUT2D eigenvalue weighted by Gasteiger charge is -2.37. The van der Waals surface area contributed by atoms with Crippen LogP contribution in [0.15, 0.2) is 18.2 Å². The smallest absolute Gasteiger partial charge is 0.410 e. The molecule has 1 aliphatic rings. The maximum Gasteiger partial charge on any atom is 0.410 e. The van der Waals surface area contributed by atoms with Gasteiger partial charge in [0.25, 0.3) is 0 Å². The van der Waals surface area contributed by atoms with E-state index < -0.39 is 11.2 Å². The summed E-state index contributed by atoms with van der Waals surface area (Å²) in [6.45, 7) is 10.8. The van der Waals surface area contributed by atoms with Crippen LogP contribution in [-0.2, 0) is 4.74 Å². The summed E-state index contributed by atoms with van der Waals surface area (Å²) in [7, 11) is 0. The number of benzene rings is 1. The molecule has 0 aromatic heterocycles. The van der Waals surface area contributed by atoms with Crippen molar-refractivity contribution in [2.45, 2.75) is 45.8 Å². The van der Waals surface area contributed by atoms with Gasteiger partial charge in [-0.3, -0.25) is 0 Å². The molecule has 0 bridgehead atoms. The van der Waals surface area contributed by atoms with Crippen molar-refractivity contribution in [2.24, 2.45) is 0 Å². The largest absolute Gasteiger partial charge is 0.491 e. The number of halogens is 1. The molecule has 1 N–H and O–H groups in total. The highest BCUT2D eigenvalue weighted by molar-refractivity contribution is 5.68. The second-order valence-electron chi connectivity index (χ2n) is 8.17. The SMILES string of the molecule is CC(C)(O)COc1ccc(F)c(N2CCN(C(=O)OC(C)(C)C)CC2)c1. The minimum absolute atomic E-state index is 0.116. The Bertz CT molecular complexity index is 629. The number of rotatable bonds is 4. The Kier molecular flexibility index (Phi) is 6.01. The van der Waals surface area contributed by atoms with Crippen molar-refractivity contribution in [3.05, 3.63) is 24.0 Å². The standard InChI is InChI=1S/C19H29FN2O4/c1-18(2,3)26-17(23)22-10-8-21(9-11-22)16-12-14(6-7-15(16)20)25-13-19(4,5)24/h6-7,12,24H,8-11,13H2,1-5H3. The maximum absolute atomic E-state index is 14.3. The normalized spacial score (nSPS) is 15.8. The van der Waals surface area contributed by atoms with Crippen LogP contribution in [0.25, 0.3) is 0 Å². The van der Waals surface area contributed by atoms with Gasteiger partial charge >= 0.3 is 6.09 Å². The summed E-state index contributed by atoms with van der Waals surface area (Å²) in [6.07, 6.45) is -0.347. The Hall–Kier alpha value is -2.02. The molecule has 1 amide bonds. The van der Waals surface area contributed by atoms with Crippen LogP contribution in [0, 0.1) is 5.82 Å². The van der Waals surface area contributed by atoms with Crippen LogP contribution in [0.5, 0.6) is 5.75 Å². The van der Waals surface area contributed by atoms with Gasteiger partial charge in [0.1, 0.15) is 23.8 Å². The second kappa shape index (κ2) is 7.70. The van der Waals surface area contributed by atoms with E-state index in [2.05, 4.69) is 0 Å². The van der Waals surface area contributed by atoms with Crippen LogP contribution < -0.4 is 9.64 Å². The van der Waals surface area contributed by atoms with Crippen LogP contribution >= 0.6 is 0 Å². The fraction of sp³-hybridized carbons (Fsp3) is 0.632. The summed E-state index contributed by atoms with van der Waals surface area (Å²) in [5, 5.41) is 9.75. The van der Waals surface area contributed by atoms with Crippen molar-refractivity contribution in [1.29, 1.82) is 0 Å². The highest BCUT2D eigenvalue weighted by atomic mass is 19.1. The minimum Gasteiger partial charge on any atom is -0.491 e. The summed E-state index contributed by atoms with van der Waals surface area (Å²) < 4.78 is 25.2. The van der Waals surface area contributed by atoms with Gasteiger partial charge in [0, 0.05) is 32.2 Å². The third kappa shape index (κ3) is 6.05. The molecule has 0 aliphatic carbocycles. The average Bonchev–Trinajstić information content (AvgIpc) is 2.52. The van der Waals surface area contributed by atoms with Crippen LogP contribution in [0.3, 0.4) is 0 Å². The summed E-state index contributed by atoms with van der Waals surface area (Å²) in [5.74, 6) is 0.157. The summed E-state index contributed by atoms with van der Waals surface area (Å²) in [5.41, 5.74) is -1.07. The lowest BCUT2D eigenvalue weighted by Crippen LogP contribution is -2.50. The van der Waals surface area contributed by atoms with E-state index in [0.29, 0.717) is 37.6 Å². The predicted octanol–water partition coefficient (Wildman–Crippen LogP) is 3.03. The Labute approximate surface area is 154 Å². The molecule has 1 aliphatic heterocycles. The third-order valence-corrected chi connectivity index (χ3v) is 3.78. The monoisotopic (exact) mass is 368 g/mol. The Morgan fingerprint density at radius 2 is 1.77 bits per heavy atom. The van der Waals surface area contributed by atoms with E-state index in [9.17, 15) is 14.3 Å². The fourth-order valence-electron chi connectivity index (χ4n) is 2.54. The number of carbonyl (C=O) groups excluding carboxylic acids is 1. The van der Waals surface area contributed by atoms with E-state index in [0.717, 1.165) is 0 Å². The van der Waals surface area contributed by atoms with Crippen LogP contribution in [0.4, 0.5) is 14.9 Å². The molecule has 0 unspecified atom stereocenters. The van der Waals surface area contributed by atoms with E-state index in [1.807, 2.05) is 25.7 Å². The number of amides is 1. The fourth-order valence-corrected chi connectivity index (χ4v) is 2.54. The molecular weight excluding hydrogens is 339 g/mol. The van der Waals surface area contributed by atoms with Crippen molar-refractivity contribution in [3.63, 3.8) is 0 Å². The number of carbonyl (C=O) groups is 1. The molecule has 0 spiro atoms. The zero-order valence-corrected chi connectivity index (χ0v) is 16.2. The van der Waals surface area contributed by atoms with E-state index in [-0.39, 0.29) is 18.5 Å². The van der Waals surface area contributed by atoms with E-state index in [1.165, 1.54) is 6.07 Å². The maximum atomic E-state index is 14.3. The lowest BCUT2D eigenvalue weighted by molar-refractivity contribution is 0.0240. The van der Waals surface area contributed by atoms with Crippen LogP contribution in [0.1, 0.15) is 34.6 Å². The zero-order chi connectivity index (χ0) is 19.5. The van der Waals surface area contributed by atoms with Gasteiger partial charge in [0.2, 0.25) is 0 Å². The molecule has 26 heavy (non-hydrogen) atoms. The Morgan fingerprint density at radius 3 is 2.31 bits per heavy atom. The van der Waals surface area contributed by atoms with Crippen LogP contribution in [0.2, 0.25) is 0 Å². The van der Waals surface area contributed by atoms with Crippen molar-refractivity contribution in [2.75, 3.05) is 37.7 Å². The zero-order valence-electron chi connectivity index (χ0n) is 16.2. The summed E-state index contributed by atoms with van der Waals surface area (Å²) in [6, 6.07) is 4.53. The van der Waals surface area contributed by atoms with Crippen molar-refractivity contribution < 1.29 is 23.8 Å². The molecule has 1 saturated heterocycles. The Balaban J connectivity index is 1.99. The van der Waals surface area contributed by atoms with Gasteiger partial charge in [-0.25, -0.2) is 9.18 Å². The molecule has 0 radical (unpaired) electrons. The number of nitrogens with zero attached hydrogens (tertiary/aromatic N) is 2. The number of ether oxygens (including phenoxy) is 2. The molecule has 0 saturated carbocycles. The first-order valence-corrected chi connectivity index (χ1v) is 8.82. The molecule has 0 atom stereocenters. The number of aliphatic hydroxyl groups is 1. The summed E-state index contributed by atoms with van der Waals surface area (Å²) >= 11 is 0. The van der Waals surface area contributed by atoms with Crippen LogP contribution in [-0.4, -0.2) is 60.1 Å². The highest BCUT2D eigenvalue weighted by Gasteiger charge is 2.27. The number of hydrogen-bond donors (Lipinski definition) is 1. The van der Waals surface area contributed by atoms with Gasteiger partial charge < -0.3 is 24.4 Å². The second-order valence-corrected chi connectivity index (χ2v) is 8.17. The predicted molar refractivity (Wildman–Crippen MR) is 98.2 cm³/mol. The molecule has 1 aromatic carbocycles. The van der Waals surface area contributed by atoms with E-state index >= 15 is 0 Å². The first kappa shape index (κ1) is 20.3. The van der Waals surface area contributed by atoms with E-state index in [1.54, 1.807) is 30.9 Å². The highest BCUT2D eigenvalue weighted by Crippen LogP contribution is 2.27. The van der Waals surface area contributed by atoms with Gasteiger partial charge in [-0.1, -0.05) is 0 Å². The Morgan fingerprint density at radius 1 is 1.15 bits per heavy atom. The first-order valence-electron chi connectivity index (χ1n) is 8.82. The van der Waals surface area contributed by atoms with Crippen molar-refractivity contribution in [3.8, 4) is 5.75 Å². The van der Waals surface area contributed by atoms with E-state index in [4.69, 9.17) is 9.47 Å².